The van der Waals surface area contributed by atoms with Crippen molar-refractivity contribution in [2.75, 3.05) is 37.5 Å². The van der Waals surface area contributed by atoms with Gasteiger partial charge in [0.15, 0.2) is 0 Å². The van der Waals surface area contributed by atoms with Crippen molar-refractivity contribution in [3.8, 4) is 5.75 Å². The minimum absolute atomic E-state index is 0.506. The van der Waals surface area contributed by atoms with Gasteiger partial charge in [-0.15, -0.1) is 11.6 Å². The third-order valence-electron chi connectivity index (χ3n) is 4.75. The first kappa shape index (κ1) is 17.8. The largest absolute Gasteiger partial charge is 0.496 e. The summed E-state index contributed by atoms with van der Waals surface area (Å²) in [5.74, 6) is 1.28. The summed E-state index contributed by atoms with van der Waals surface area (Å²) in [4.78, 5) is 11.8. The molecule has 2 aromatic heterocycles. The van der Waals surface area contributed by atoms with E-state index in [4.69, 9.17) is 27.1 Å². The van der Waals surface area contributed by atoms with Gasteiger partial charge in [0.2, 0.25) is 0 Å². The highest BCUT2D eigenvalue weighted by molar-refractivity contribution is 6.19. The number of fused-ring (bicyclic) bond motifs is 4. The molecule has 2 heterocycles. The molecule has 0 saturated carbocycles. The van der Waals surface area contributed by atoms with Crippen LogP contribution >= 0.6 is 11.6 Å². The molecule has 0 bridgehead atoms. The first-order valence-corrected chi connectivity index (χ1v) is 9.47. The predicted octanol–water partition coefficient (Wildman–Crippen LogP) is 3.95. The van der Waals surface area contributed by atoms with E-state index < -0.39 is 0 Å². The van der Waals surface area contributed by atoms with Crippen LogP contribution in [0.2, 0.25) is 0 Å². The molecule has 0 aliphatic heterocycles. The van der Waals surface area contributed by atoms with E-state index in [-0.39, 0.29) is 0 Å². The van der Waals surface area contributed by atoms with Crippen LogP contribution in [-0.4, -0.2) is 42.6 Å². The van der Waals surface area contributed by atoms with Crippen LogP contribution in [0.5, 0.6) is 5.75 Å². The van der Waals surface area contributed by atoms with E-state index in [1.54, 1.807) is 13.3 Å². The van der Waals surface area contributed by atoms with Crippen LogP contribution in [0.1, 0.15) is 0 Å². The molecule has 2 aromatic carbocycles. The van der Waals surface area contributed by atoms with Crippen molar-refractivity contribution < 1.29 is 4.74 Å². The Morgan fingerprint density at radius 3 is 2.74 bits per heavy atom. The van der Waals surface area contributed by atoms with Crippen molar-refractivity contribution in [2.45, 2.75) is 0 Å². The molecular formula is C21H21ClN4O. The molecule has 4 rings (SSSR count). The lowest BCUT2D eigenvalue weighted by Gasteiger charge is -2.27. The molecule has 0 spiro atoms. The average molecular weight is 381 g/mol. The number of anilines is 1. The zero-order valence-corrected chi connectivity index (χ0v) is 15.9. The van der Waals surface area contributed by atoms with Gasteiger partial charge in [0.25, 0.3) is 0 Å². The van der Waals surface area contributed by atoms with E-state index in [2.05, 4.69) is 16.0 Å². The molecule has 0 aliphatic rings. The molecule has 0 unspecified atom stereocenters. The SMILES string of the molecule is COc1cc2cccnc2c2nc3ccccc3c(N(CCN)CCCl)c12. The van der Waals surface area contributed by atoms with E-state index in [1.165, 1.54) is 0 Å². The number of ether oxygens (including phenoxy) is 1. The third-order valence-corrected chi connectivity index (χ3v) is 4.92. The lowest BCUT2D eigenvalue weighted by molar-refractivity contribution is 0.420. The van der Waals surface area contributed by atoms with Crippen LogP contribution < -0.4 is 15.4 Å². The highest BCUT2D eigenvalue weighted by Crippen LogP contribution is 2.41. The van der Waals surface area contributed by atoms with Crippen molar-refractivity contribution in [3.05, 3.63) is 48.7 Å². The van der Waals surface area contributed by atoms with Gasteiger partial charge >= 0.3 is 0 Å². The number of methoxy groups -OCH3 is 1. The summed E-state index contributed by atoms with van der Waals surface area (Å²) in [6.45, 7) is 1.91. The highest BCUT2D eigenvalue weighted by atomic mass is 35.5. The molecule has 0 atom stereocenters. The maximum Gasteiger partial charge on any atom is 0.131 e. The third kappa shape index (κ3) is 3.03. The van der Waals surface area contributed by atoms with Crippen molar-refractivity contribution >= 4 is 50.0 Å². The first-order valence-electron chi connectivity index (χ1n) is 8.93. The minimum Gasteiger partial charge on any atom is -0.496 e. The van der Waals surface area contributed by atoms with Gasteiger partial charge in [-0.1, -0.05) is 24.3 Å². The van der Waals surface area contributed by atoms with Gasteiger partial charge in [0.05, 0.1) is 29.2 Å². The maximum absolute atomic E-state index is 6.11. The molecule has 2 N–H and O–H groups in total. The van der Waals surface area contributed by atoms with Crippen molar-refractivity contribution in [1.82, 2.24) is 9.97 Å². The Hall–Kier alpha value is -2.63. The average Bonchev–Trinajstić information content (AvgIpc) is 2.71. The minimum atomic E-state index is 0.506. The van der Waals surface area contributed by atoms with Crippen LogP contribution in [0.15, 0.2) is 48.7 Å². The number of aromatic nitrogens is 2. The number of nitrogens with two attached hydrogens (primary N) is 1. The fraction of sp³-hybridized carbons (Fsp3) is 0.238. The van der Waals surface area contributed by atoms with Gasteiger partial charge in [-0.25, -0.2) is 4.98 Å². The highest BCUT2D eigenvalue weighted by Gasteiger charge is 2.20. The standard InChI is InChI=1S/C21H21ClN4O/c1-27-17-13-14-5-4-10-24-19(14)20-18(17)21(26(11-8-22)12-9-23)15-6-2-3-7-16(15)25-20/h2-7,10,13H,8-9,11-12,23H2,1H3. The van der Waals surface area contributed by atoms with Crippen molar-refractivity contribution in [1.29, 1.82) is 0 Å². The number of hydrogen-bond acceptors (Lipinski definition) is 5. The zero-order valence-electron chi connectivity index (χ0n) is 15.2. The van der Waals surface area contributed by atoms with E-state index in [1.807, 2.05) is 36.4 Å². The van der Waals surface area contributed by atoms with Crippen molar-refractivity contribution in [3.63, 3.8) is 0 Å². The summed E-state index contributed by atoms with van der Waals surface area (Å²) in [7, 11) is 1.69. The second-order valence-corrected chi connectivity index (χ2v) is 6.70. The Morgan fingerprint density at radius 1 is 1.11 bits per heavy atom. The molecule has 0 radical (unpaired) electrons. The Labute approximate surface area is 162 Å². The Kier molecular flexibility index (Phi) is 4.97. The van der Waals surface area contributed by atoms with Gasteiger partial charge in [-0.05, 0) is 18.2 Å². The topological polar surface area (TPSA) is 64.3 Å². The molecule has 27 heavy (non-hydrogen) atoms. The number of pyridine rings is 2. The molecule has 5 nitrogen and oxygen atoms in total. The molecule has 0 amide bonds. The van der Waals surface area contributed by atoms with Gasteiger partial charge < -0.3 is 15.4 Å². The fourth-order valence-corrected chi connectivity index (χ4v) is 3.83. The molecule has 4 aromatic rings. The Balaban J connectivity index is 2.21. The van der Waals surface area contributed by atoms with Crippen LogP contribution in [-0.2, 0) is 0 Å². The molecule has 0 aliphatic carbocycles. The number of para-hydroxylation sites is 1. The number of nitrogens with zero attached hydrogens (tertiary/aromatic N) is 3. The number of hydrogen-bond donors (Lipinski definition) is 1. The smallest absolute Gasteiger partial charge is 0.131 e. The van der Waals surface area contributed by atoms with E-state index in [0.717, 1.165) is 44.1 Å². The molecular weight excluding hydrogens is 360 g/mol. The molecule has 138 valence electrons. The van der Waals surface area contributed by atoms with Gasteiger partial charge in [-0.3, -0.25) is 4.98 Å². The quantitative estimate of drug-likeness (QED) is 0.312. The maximum atomic E-state index is 6.11. The summed E-state index contributed by atoms with van der Waals surface area (Å²) in [6, 6.07) is 14.1. The zero-order chi connectivity index (χ0) is 18.8. The molecule has 0 fully saturated rings. The molecule has 6 heteroatoms. The summed E-state index contributed by atoms with van der Waals surface area (Å²) in [5, 5.41) is 3.00. The molecule has 0 saturated heterocycles. The van der Waals surface area contributed by atoms with Gasteiger partial charge in [-0.2, -0.15) is 0 Å². The summed E-state index contributed by atoms with van der Waals surface area (Å²) in [6.07, 6.45) is 1.79. The Bertz CT molecular complexity index is 1110. The van der Waals surface area contributed by atoms with Crippen LogP contribution in [0.4, 0.5) is 5.69 Å². The van der Waals surface area contributed by atoms with Crippen LogP contribution in [0.3, 0.4) is 0 Å². The number of benzene rings is 2. The predicted molar refractivity (Wildman–Crippen MR) is 113 cm³/mol. The first-order chi connectivity index (χ1) is 13.3. The van der Waals surface area contributed by atoms with Crippen LogP contribution in [0, 0.1) is 0 Å². The van der Waals surface area contributed by atoms with E-state index in [0.29, 0.717) is 25.5 Å². The lowest BCUT2D eigenvalue weighted by atomic mass is 10.0. The van der Waals surface area contributed by atoms with Gasteiger partial charge in [0, 0.05) is 42.5 Å². The summed E-state index contributed by atoms with van der Waals surface area (Å²) in [5.41, 5.74) is 9.55. The fourth-order valence-electron chi connectivity index (χ4n) is 3.63. The van der Waals surface area contributed by atoms with E-state index >= 15 is 0 Å². The second kappa shape index (κ2) is 7.55. The lowest BCUT2D eigenvalue weighted by Crippen LogP contribution is -2.31. The summed E-state index contributed by atoms with van der Waals surface area (Å²) < 4.78 is 5.77. The number of alkyl halides is 1. The number of halogens is 1. The van der Waals surface area contributed by atoms with Crippen LogP contribution in [0.25, 0.3) is 32.7 Å². The van der Waals surface area contributed by atoms with Gasteiger partial charge in [0.1, 0.15) is 11.3 Å². The Morgan fingerprint density at radius 2 is 1.96 bits per heavy atom. The normalized spacial score (nSPS) is 11.4. The van der Waals surface area contributed by atoms with E-state index in [9.17, 15) is 0 Å². The second-order valence-electron chi connectivity index (χ2n) is 6.32. The number of rotatable bonds is 6. The van der Waals surface area contributed by atoms with Crippen molar-refractivity contribution in [2.24, 2.45) is 5.73 Å². The monoisotopic (exact) mass is 380 g/mol. The summed E-state index contributed by atoms with van der Waals surface area (Å²) >= 11 is 6.11.